The van der Waals surface area contributed by atoms with Crippen LogP contribution in [-0.4, -0.2) is 79.4 Å². The summed E-state index contributed by atoms with van der Waals surface area (Å²) in [6.45, 7) is 1.33. The molecule has 1 saturated heterocycles. The zero-order chi connectivity index (χ0) is 28.6. The van der Waals surface area contributed by atoms with Crippen LogP contribution in [0.15, 0.2) is 42.5 Å². The van der Waals surface area contributed by atoms with Gasteiger partial charge in [0.15, 0.2) is 0 Å². The number of rotatable bonds is 13. The van der Waals surface area contributed by atoms with E-state index in [9.17, 15) is 28.8 Å². The SMILES string of the molecule is NC(=O)c1cccc(NC(=O)CCOCCOCCNc2cccc3c2C(=O)N(C2CCC(=O)NC2=O)C3=O)c1. The largest absolute Gasteiger partial charge is 0.382 e. The average molecular weight is 552 g/mol. The monoisotopic (exact) mass is 551 g/mol. The number of nitrogens with zero attached hydrogens (tertiary/aromatic N) is 1. The van der Waals surface area contributed by atoms with Gasteiger partial charge in [0, 0.05) is 29.9 Å². The van der Waals surface area contributed by atoms with E-state index in [-0.39, 0.29) is 62.7 Å². The predicted molar refractivity (Wildman–Crippen MR) is 141 cm³/mol. The summed E-state index contributed by atoms with van der Waals surface area (Å²) in [5.41, 5.74) is 6.82. The zero-order valence-electron chi connectivity index (χ0n) is 21.6. The third kappa shape index (κ3) is 6.68. The number of hydrogen-bond donors (Lipinski definition) is 4. The molecule has 2 aromatic rings. The maximum absolute atomic E-state index is 13.1. The van der Waals surface area contributed by atoms with Crippen LogP contribution in [0.4, 0.5) is 11.4 Å². The maximum Gasteiger partial charge on any atom is 0.264 e. The molecule has 0 aliphatic carbocycles. The third-order valence-corrected chi connectivity index (χ3v) is 6.31. The van der Waals surface area contributed by atoms with E-state index < -0.39 is 35.6 Å². The number of ether oxygens (including phenoxy) is 2. The molecule has 0 saturated carbocycles. The second-order valence-electron chi connectivity index (χ2n) is 9.07. The smallest absolute Gasteiger partial charge is 0.264 e. The van der Waals surface area contributed by atoms with E-state index in [1.54, 1.807) is 30.3 Å². The molecule has 1 unspecified atom stereocenters. The molecule has 0 spiro atoms. The summed E-state index contributed by atoms with van der Waals surface area (Å²) in [4.78, 5) is 73.9. The molecule has 40 heavy (non-hydrogen) atoms. The van der Waals surface area contributed by atoms with Gasteiger partial charge in [-0.3, -0.25) is 39.0 Å². The Balaban J connectivity index is 1.15. The Hall–Kier alpha value is -4.62. The number of nitrogens with one attached hydrogen (secondary N) is 3. The molecule has 210 valence electrons. The van der Waals surface area contributed by atoms with Crippen LogP contribution in [0.5, 0.6) is 0 Å². The van der Waals surface area contributed by atoms with Gasteiger partial charge in [0.1, 0.15) is 6.04 Å². The van der Waals surface area contributed by atoms with Crippen LogP contribution in [-0.2, 0) is 23.9 Å². The van der Waals surface area contributed by atoms with Crippen molar-refractivity contribution >= 4 is 46.8 Å². The van der Waals surface area contributed by atoms with Crippen molar-refractivity contribution in [3.63, 3.8) is 0 Å². The first-order chi connectivity index (χ1) is 19.3. The van der Waals surface area contributed by atoms with Crippen molar-refractivity contribution in [2.24, 2.45) is 5.73 Å². The van der Waals surface area contributed by atoms with Crippen LogP contribution in [0.2, 0.25) is 0 Å². The highest BCUT2D eigenvalue weighted by molar-refractivity contribution is 6.25. The van der Waals surface area contributed by atoms with E-state index in [0.29, 0.717) is 23.5 Å². The molecule has 13 nitrogen and oxygen atoms in total. The fourth-order valence-electron chi connectivity index (χ4n) is 4.38. The topological polar surface area (TPSA) is 186 Å². The zero-order valence-corrected chi connectivity index (χ0v) is 21.6. The van der Waals surface area contributed by atoms with E-state index in [1.165, 1.54) is 12.1 Å². The Morgan fingerprint density at radius 3 is 2.48 bits per heavy atom. The van der Waals surface area contributed by atoms with E-state index >= 15 is 0 Å². The van der Waals surface area contributed by atoms with E-state index in [0.717, 1.165) is 4.90 Å². The van der Waals surface area contributed by atoms with Gasteiger partial charge in [-0.05, 0) is 36.8 Å². The molecule has 0 aromatic heterocycles. The molecule has 13 heteroatoms. The van der Waals surface area contributed by atoms with Crippen molar-refractivity contribution in [2.75, 3.05) is 43.6 Å². The molecule has 0 bridgehead atoms. The minimum absolute atomic E-state index is 0.0516. The maximum atomic E-state index is 13.1. The molecule has 4 rings (SSSR count). The van der Waals surface area contributed by atoms with Gasteiger partial charge in [0.2, 0.25) is 23.6 Å². The van der Waals surface area contributed by atoms with Gasteiger partial charge in [-0.1, -0.05) is 12.1 Å². The van der Waals surface area contributed by atoms with Crippen LogP contribution in [0, 0.1) is 0 Å². The summed E-state index contributed by atoms with van der Waals surface area (Å²) in [5, 5.41) is 7.93. The molecule has 1 atom stereocenters. The summed E-state index contributed by atoms with van der Waals surface area (Å²) in [7, 11) is 0. The Bertz CT molecular complexity index is 1340. The number of carbonyl (C=O) groups excluding carboxylic acids is 6. The Morgan fingerprint density at radius 2 is 1.73 bits per heavy atom. The van der Waals surface area contributed by atoms with E-state index in [1.807, 2.05) is 0 Å². The number of piperidine rings is 1. The highest BCUT2D eigenvalue weighted by Gasteiger charge is 2.45. The van der Waals surface area contributed by atoms with Gasteiger partial charge in [-0.25, -0.2) is 0 Å². The first-order valence-corrected chi connectivity index (χ1v) is 12.7. The van der Waals surface area contributed by atoms with Gasteiger partial charge in [0.25, 0.3) is 11.8 Å². The Morgan fingerprint density at radius 1 is 0.975 bits per heavy atom. The number of primary amides is 1. The minimum Gasteiger partial charge on any atom is -0.382 e. The third-order valence-electron chi connectivity index (χ3n) is 6.31. The van der Waals surface area contributed by atoms with Crippen molar-refractivity contribution in [1.29, 1.82) is 0 Å². The molecule has 1 fully saturated rings. The van der Waals surface area contributed by atoms with Gasteiger partial charge < -0.3 is 25.8 Å². The van der Waals surface area contributed by atoms with Crippen molar-refractivity contribution in [3.05, 3.63) is 59.2 Å². The van der Waals surface area contributed by atoms with Crippen LogP contribution in [0.25, 0.3) is 0 Å². The number of carbonyl (C=O) groups is 6. The lowest BCUT2D eigenvalue weighted by Crippen LogP contribution is -2.54. The molecule has 5 N–H and O–H groups in total. The van der Waals surface area contributed by atoms with Crippen molar-refractivity contribution in [3.8, 4) is 0 Å². The van der Waals surface area contributed by atoms with E-state index in [2.05, 4.69) is 16.0 Å². The van der Waals surface area contributed by atoms with Crippen molar-refractivity contribution in [1.82, 2.24) is 10.2 Å². The number of amides is 6. The fraction of sp³-hybridized carbons (Fsp3) is 0.333. The normalized spacial score (nSPS) is 16.5. The van der Waals surface area contributed by atoms with Gasteiger partial charge in [-0.2, -0.15) is 0 Å². The van der Waals surface area contributed by atoms with Gasteiger partial charge in [0.05, 0.1) is 44.0 Å². The Kier molecular flexibility index (Phi) is 9.19. The number of fused-ring (bicyclic) bond motifs is 1. The molecular weight excluding hydrogens is 522 g/mol. The standard InChI is InChI=1S/C27H29N5O8/c28-24(35)16-3-1-4-17(15-16)30-22(34)9-11-39-13-14-40-12-10-29-19-6-2-5-18-23(19)27(38)32(26(18)37)20-7-8-21(33)31-25(20)36/h1-6,15,20,29H,7-14H2,(H2,28,35)(H,30,34)(H,31,33,36). The molecule has 6 amide bonds. The number of nitrogens with two attached hydrogens (primary N) is 1. The first kappa shape index (κ1) is 28.4. The van der Waals surface area contributed by atoms with Crippen LogP contribution in [0.3, 0.4) is 0 Å². The average Bonchev–Trinajstić information content (AvgIpc) is 3.18. The van der Waals surface area contributed by atoms with Gasteiger partial charge in [-0.15, -0.1) is 0 Å². The molecular formula is C27H29N5O8. The predicted octanol–water partition coefficient (Wildman–Crippen LogP) is 0.661. The highest BCUT2D eigenvalue weighted by atomic mass is 16.5. The summed E-state index contributed by atoms with van der Waals surface area (Å²) >= 11 is 0. The lowest BCUT2D eigenvalue weighted by Gasteiger charge is -2.27. The molecule has 2 aliphatic rings. The Labute approximate surface area is 229 Å². The van der Waals surface area contributed by atoms with Crippen molar-refractivity contribution in [2.45, 2.75) is 25.3 Å². The second kappa shape index (κ2) is 13.0. The van der Waals surface area contributed by atoms with Crippen molar-refractivity contribution < 1.29 is 38.2 Å². The fourth-order valence-corrected chi connectivity index (χ4v) is 4.38. The number of imide groups is 2. The van der Waals surface area contributed by atoms with E-state index in [4.69, 9.17) is 15.2 Å². The van der Waals surface area contributed by atoms with Crippen LogP contribution < -0.4 is 21.7 Å². The molecule has 2 aliphatic heterocycles. The minimum atomic E-state index is -1.03. The summed E-state index contributed by atoms with van der Waals surface area (Å²) in [6.07, 6.45) is 0.254. The molecule has 0 radical (unpaired) electrons. The number of hydrogen-bond acceptors (Lipinski definition) is 9. The molecule has 2 aromatic carbocycles. The summed E-state index contributed by atoms with van der Waals surface area (Å²) < 4.78 is 10.9. The number of anilines is 2. The second-order valence-corrected chi connectivity index (χ2v) is 9.07. The quantitative estimate of drug-likeness (QED) is 0.205. The summed E-state index contributed by atoms with van der Waals surface area (Å²) in [5.74, 6) is -3.10. The lowest BCUT2D eigenvalue weighted by molar-refractivity contribution is -0.136. The van der Waals surface area contributed by atoms with Gasteiger partial charge >= 0.3 is 0 Å². The van der Waals surface area contributed by atoms with Crippen LogP contribution >= 0.6 is 0 Å². The highest BCUT2D eigenvalue weighted by Crippen LogP contribution is 2.32. The first-order valence-electron chi connectivity index (χ1n) is 12.7. The number of benzene rings is 2. The summed E-state index contributed by atoms with van der Waals surface area (Å²) in [6, 6.07) is 10.1. The lowest BCUT2D eigenvalue weighted by atomic mass is 10.0. The molecule has 2 heterocycles. The van der Waals surface area contributed by atoms with Crippen LogP contribution in [0.1, 0.15) is 50.3 Å².